The van der Waals surface area contributed by atoms with Crippen molar-refractivity contribution >= 4 is 23.2 Å². The number of nitrogens with one attached hydrogen (secondary N) is 1. The Morgan fingerprint density at radius 2 is 1.73 bits per heavy atom. The maximum atomic E-state index is 12.3. The van der Waals surface area contributed by atoms with Crippen molar-refractivity contribution in [1.29, 1.82) is 0 Å². The number of carboxylic acids is 1. The second-order valence-corrected chi connectivity index (χ2v) is 6.19. The number of hydrogen-bond donors (Lipinski definition) is 2. The minimum Gasteiger partial charge on any atom is -0.475 e. The molecule has 168 valence electrons. The van der Waals surface area contributed by atoms with E-state index in [1.807, 2.05) is 25.3 Å². The van der Waals surface area contributed by atoms with Gasteiger partial charge in [-0.25, -0.2) is 4.79 Å². The lowest BCUT2D eigenvalue weighted by molar-refractivity contribution is -0.192. The molecule has 0 fully saturated rings. The van der Waals surface area contributed by atoms with Crippen LogP contribution in [-0.4, -0.2) is 60.4 Å². The Bertz CT molecular complexity index is 817. The van der Waals surface area contributed by atoms with Gasteiger partial charge in [0.25, 0.3) is 5.91 Å². The highest BCUT2D eigenvalue weighted by molar-refractivity contribution is 5.94. The Kier molecular flexibility index (Phi) is 10.2. The lowest BCUT2D eigenvalue weighted by Crippen LogP contribution is -2.26. The summed E-state index contributed by atoms with van der Waals surface area (Å²) in [5.74, 6) is -1.67. The first-order valence-electron chi connectivity index (χ1n) is 9.67. The summed E-state index contributed by atoms with van der Waals surface area (Å²) in [4.78, 5) is 23.5. The van der Waals surface area contributed by atoms with Crippen LogP contribution in [0.5, 0.6) is 0 Å². The van der Waals surface area contributed by atoms with Gasteiger partial charge in [0.15, 0.2) is 0 Å². The zero-order valence-electron chi connectivity index (χ0n) is 17.3. The molecule has 30 heavy (non-hydrogen) atoms. The molecule has 10 heteroatoms. The van der Waals surface area contributed by atoms with E-state index in [2.05, 4.69) is 40.6 Å². The van der Waals surface area contributed by atoms with Crippen LogP contribution in [0, 0.1) is 0 Å². The highest BCUT2D eigenvalue weighted by atomic mass is 19.4. The fourth-order valence-corrected chi connectivity index (χ4v) is 2.65. The first-order valence-corrected chi connectivity index (χ1v) is 9.67. The normalized spacial score (nSPS) is 11.0. The number of nitrogens with zero attached hydrogens (tertiary/aromatic N) is 2. The van der Waals surface area contributed by atoms with Gasteiger partial charge in [-0.05, 0) is 51.5 Å². The average Bonchev–Trinajstić information content (AvgIpc) is 3.11. The molecule has 0 radical (unpaired) electrons. The molecule has 0 unspecified atom stereocenters. The third-order valence-electron chi connectivity index (χ3n) is 4.18. The van der Waals surface area contributed by atoms with Crippen LogP contribution in [0.1, 0.15) is 37.6 Å². The van der Waals surface area contributed by atoms with Crippen molar-refractivity contribution in [3.8, 4) is 0 Å². The van der Waals surface area contributed by atoms with Crippen LogP contribution in [0.4, 0.5) is 19.0 Å². The summed E-state index contributed by atoms with van der Waals surface area (Å²) in [7, 11) is 0. The van der Waals surface area contributed by atoms with Gasteiger partial charge in [0.1, 0.15) is 5.82 Å². The standard InChI is InChI=1S/C18H27N3O2.C2HF3O2/c1-4-20(5-2)17-11-10-16-9-8-15(14-21(16)17)18(22)19-12-7-13-23-6-3;3-2(4,5)1(6)7/h8-11,14H,4-7,12-13H2,1-3H3,(H,19,22);(H,6,7). The Labute approximate surface area is 173 Å². The summed E-state index contributed by atoms with van der Waals surface area (Å²) in [5.41, 5.74) is 1.78. The SMILES string of the molecule is CCOCCCNC(=O)c1ccc2ccc(N(CC)CC)n2c1.O=C(O)C(F)(F)F. The molecule has 2 heterocycles. The van der Waals surface area contributed by atoms with Gasteiger partial charge in [0, 0.05) is 44.6 Å². The van der Waals surface area contributed by atoms with Crippen molar-refractivity contribution in [2.75, 3.05) is 37.7 Å². The minimum absolute atomic E-state index is 0.0393. The summed E-state index contributed by atoms with van der Waals surface area (Å²) in [5, 5.41) is 10.1. The molecule has 2 aromatic rings. The molecule has 0 aromatic carbocycles. The minimum atomic E-state index is -5.08. The molecule has 7 nitrogen and oxygen atoms in total. The average molecular weight is 431 g/mol. The number of hydrogen-bond acceptors (Lipinski definition) is 4. The fourth-order valence-electron chi connectivity index (χ4n) is 2.65. The highest BCUT2D eigenvalue weighted by Gasteiger charge is 2.38. The Hall–Kier alpha value is -2.75. The van der Waals surface area contributed by atoms with Gasteiger partial charge >= 0.3 is 12.1 Å². The fraction of sp³-hybridized carbons (Fsp3) is 0.500. The quantitative estimate of drug-likeness (QED) is 0.593. The van der Waals surface area contributed by atoms with Crippen LogP contribution in [0.3, 0.4) is 0 Å². The van der Waals surface area contributed by atoms with Gasteiger partial charge < -0.3 is 24.5 Å². The molecule has 2 N–H and O–H groups in total. The second kappa shape index (κ2) is 12.1. The number of alkyl halides is 3. The number of aromatic nitrogens is 1. The van der Waals surface area contributed by atoms with Crippen molar-refractivity contribution < 1.29 is 32.6 Å². The third kappa shape index (κ3) is 7.58. The molecule has 0 aliphatic rings. The second-order valence-electron chi connectivity index (χ2n) is 6.19. The zero-order chi connectivity index (χ0) is 22.7. The summed E-state index contributed by atoms with van der Waals surface area (Å²) in [6.45, 7) is 10.2. The number of ether oxygens (including phenoxy) is 1. The third-order valence-corrected chi connectivity index (χ3v) is 4.18. The Balaban J connectivity index is 0.000000553. The molecule has 2 aromatic heterocycles. The number of amides is 1. The predicted molar refractivity (Wildman–Crippen MR) is 108 cm³/mol. The maximum Gasteiger partial charge on any atom is 0.490 e. The van der Waals surface area contributed by atoms with Crippen LogP contribution in [0.25, 0.3) is 5.52 Å². The summed E-state index contributed by atoms with van der Waals surface area (Å²) >= 11 is 0. The molecular formula is C20H28F3N3O4. The smallest absolute Gasteiger partial charge is 0.475 e. The number of fused-ring (bicyclic) bond motifs is 1. The predicted octanol–water partition coefficient (Wildman–Crippen LogP) is 3.58. The number of halogens is 3. The lowest BCUT2D eigenvalue weighted by atomic mass is 10.2. The number of anilines is 1. The van der Waals surface area contributed by atoms with Crippen molar-refractivity contribution in [3.05, 3.63) is 36.0 Å². The van der Waals surface area contributed by atoms with E-state index in [1.54, 1.807) is 0 Å². The number of carbonyl (C=O) groups is 2. The first kappa shape index (κ1) is 25.3. The first-order chi connectivity index (χ1) is 14.1. The maximum absolute atomic E-state index is 12.3. The van der Waals surface area contributed by atoms with Gasteiger partial charge in [-0.15, -0.1) is 0 Å². The molecular weight excluding hydrogens is 403 g/mol. The van der Waals surface area contributed by atoms with Gasteiger partial charge in [0.2, 0.25) is 0 Å². The van der Waals surface area contributed by atoms with Gasteiger partial charge in [-0.1, -0.05) is 0 Å². The van der Waals surface area contributed by atoms with E-state index in [4.69, 9.17) is 14.6 Å². The molecule has 0 saturated carbocycles. The van der Waals surface area contributed by atoms with Gasteiger partial charge in [-0.3, -0.25) is 4.79 Å². The van der Waals surface area contributed by atoms with E-state index < -0.39 is 12.1 Å². The summed E-state index contributed by atoms with van der Waals surface area (Å²) in [6.07, 6.45) is -2.34. The molecule has 1 amide bonds. The van der Waals surface area contributed by atoms with Crippen molar-refractivity contribution in [2.45, 2.75) is 33.4 Å². The van der Waals surface area contributed by atoms with Crippen molar-refractivity contribution in [1.82, 2.24) is 9.72 Å². The number of carboxylic acid groups (broad SMARTS) is 1. The van der Waals surface area contributed by atoms with Gasteiger partial charge in [0.05, 0.1) is 5.56 Å². The van der Waals surface area contributed by atoms with E-state index in [9.17, 15) is 18.0 Å². The molecule has 0 aliphatic heterocycles. The monoisotopic (exact) mass is 431 g/mol. The van der Waals surface area contributed by atoms with E-state index in [0.29, 0.717) is 25.3 Å². The number of carbonyl (C=O) groups excluding carboxylic acids is 1. The van der Waals surface area contributed by atoms with Crippen LogP contribution in [0.2, 0.25) is 0 Å². The topological polar surface area (TPSA) is 83.3 Å². The van der Waals surface area contributed by atoms with E-state index in [-0.39, 0.29) is 5.91 Å². The number of aliphatic carboxylic acids is 1. The lowest BCUT2D eigenvalue weighted by Gasteiger charge is -2.20. The highest BCUT2D eigenvalue weighted by Crippen LogP contribution is 2.20. The molecule has 0 spiro atoms. The Morgan fingerprint density at radius 1 is 1.13 bits per heavy atom. The summed E-state index contributed by atoms with van der Waals surface area (Å²) < 4.78 is 39.1. The van der Waals surface area contributed by atoms with Crippen LogP contribution >= 0.6 is 0 Å². The molecule has 0 aliphatic carbocycles. The van der Waals surface area contributed by atoms with E-state index >= 15 is 0 Å². The van der Waals surface area contributed by atoms with Crippen LogP contribution in [0.15, 0.2) is 30.5 Å². The largest absolute Gasteiger partial charge is 0.490 e. The van der Waals surface area contributed by atoms with Crippen molar-refractivity contribution in [2.24, 2.45) is 0 Å². The molecule has 0 bridgehead atoms. The van der Waals surface area contributed by atoms with Crippen LogP contribution in [-0.2, 0) is 9.53 Å². The van der Waals surface area contributed by atoms with E-state index in [1.165, 1.54) is 0 Å². The number of pyridine rings is 1. The number of rotatable bonds is 9. The molecule has 2 rings (SSSR count). The summed E-state index contributed by atoms with van der Waals surface area (Å²) in [6, 6.07) is 8.05. The zero-order valence-corrected chi connectivity index (χ0v) is 17.3. The van der Waals surface area contributed by atoms with Crippen LogP contribution < -0.4 is 10.2 Å². The van der Waals surface area contributed by atoms with E-state index in [0.717, 1.165) is 30.8 Å². The Morgan fingerprint density at radius 3 is 2.27 bits per heavy atom. The van der Waals surface area contributed by atoms with Gasteiger partial charge in [-0.2, -0.15) is 13.2 Å². The van der Waals surface area contributed by atoms with Crippen molar-refractivity contribution in [3.63, 3.8) is 0 Å². The molecule has 0 atom stereocenters. The molecule has 0 saturated heterocycles.